The number of carbonyl (C=O) groups is 2. The van der Waals surface area contributed by atoms with Crippen LogP contribution in [0.25, 0.3) is 0 Å². The third kappa shape index (κ3) is 3.93. The van der Waals surface area contributed by atoms with Crippen LogP contribution in [0.4, 0.5) is 5.69 Å². The van der Waals surface area contributed by atoms with Crippen LogP contribution in [0.2, 0.25) is 0 Å². The van der Waals surface area contributed by atoms with Crippen LogP contribution in [0, 0.1) is 44.6 Å². The van der Waals surface area contributed by atoms with Gasteiger partial charge in [-0.1, -0.05) is 26.0 Å². The second-order valence-electron chi connectivity index (χ2n) is 12.6. The van der Waals surface area contributed by atoms with Gasteiger partial charge in [0.05, 0.1) is 10.8 Å². The SMILES string of the molecule is CC(C(=O)NCC1CC[C@H]2[C@@H]3CCC4N(C)C(=O)CC[C@]4(C)[C@@H]3CC[C@]12C)c1ccc([N+](=O)[O-])cc1. The van der Waals surface area contributed by atoms with E-state index < -0.39 is 4.92 Å². The highest BCUT2D eigenvalue weighted by molar-refractivity contribution is 5.83. The molecular weight excluding hydrogens is 454 g/mol. The number of rotatable bonds is 5. The first-order valence-corrected chi connectivity index (χ1v) is 13.8. The highest BCUT2D eigenvalue weighted by Crippen LogP contribution is 2.66. The lowest BCUT2D eigenvalue weighted by Gasteiger charge is -2.61. The molecule has 4 aliphatic rings. The molecule has 2 amide bonds. The smallest absolute Gasteiger partial charge is 0.269 e. The molecule has 0 aromatic heterocycles. The average molecular weight is 496 g/mol. The largest absolute Gasteiger partial charge is 0.355 e. The highest BCUT2D eigenvalue weighted by Gasteiger charge is 2.61. The topological polar surface area (TPSA) is 92.6 Å². The minimum Gasteiger partial charge on any atom is -0.355 e. The van der Waals surface area contributed by atoms with E-state index in [1.165, 1.54) is 37.8 Å². The molecule has 0 bridgehead atoms. The second kappa shape index (κ2) is 9.14. The molecule has 4 fully saturated rings. The van der Waals surface area contributed by atoms with Gasteiger partial charge in [-0.3, -0.25) is 19.7 Å². The third-order valence-electron chi connectivity index (χ3n) is 11.3. The molecule has 3 aliphatic carbocycles. The van der Waals surface area contributed by atoms with Crippen molar-refractivity contribution in [3.05, 3.63) is 39.9 Å². The van der Waals surface area contributed by atoms with Crippen molar-refractivity contribution in [2.75, 3.05) is 13.6 Å². The quantitative estimate of drug-likeness (QED) is 0.443. The van der Waals surface area contributed by atoms with Gasteiger partial charge in [0.1, 0.15) is 0 Å². The van der Waals surface area contributed by atoms with Gasteiger partial charge < -0.3 is 10.2 Å². The summed E-state index contributed by atoms with van der Waals surface area (Å²) in [5.74, 6) is 2.58. The number of piperidine rings is 1. The van der Waals surface area contributed by atoms with Gasteiger partial charge in [-0.15, -0.1) is 0 Å². The Morgan fingerprint density at radius 1 is 1.08 bits per heavy atom. The van der Waals surface area contributed by atoms with Crippen LogP contribution >= 0.6 is 0 Å². The molecule has 1 saturated heterocycles. The van der Waals surface area contributed by atoms with E-state index in [1.54, 1.807) is 12.1 Å². The molecule has 0 spiro atoms. The van der Waals surface area contributed by atoms with Crippen LogP contribution < -0.4 is 5.32 Å². The number of carbonyl (C=O) groups excluding carboxylic acids is 2. The number of benzene rings is 1. The van der Waals surface area contributed by atoms with Gasteiger partial charge in [-0.05, 0) is 91.9 Å². The van der Waals surface area contributed by atoms with Crippen LogP contribution in [-0.4, -0.2) is 41.3 Å². The predicted molar refractivity (Wildman–Crippen MR) is 138 cm³/mol. The molecule has 3 saturated carbocycles. The van der Waals surface area contributed by atoms with Crippen molar-refractivity contribution >= 4 is 17.5 Å². The van der Waals surface area contributed by atoms with Gasteiger partial charge in [0.2, 0.25) is 11.8 Å². The molecule has 1 aromatic carbocycles. The van der Waals surface area contributed by atoms with E-state index in [9.17, 15) is 19.7 Å². The zero-order chi connectivity index (χ0) is 25.8. The Bertz CT molecular complexity index is 1040. The van der Waals surface area contributed by atoms with Crippen molar-refractivity contribution in [2.45, 2.75) is 84.1 Å². The Hall–Kier alpha value is -2.44. The Labute approximate surface area is 214 Å². The standard InChI is InChI=1S/C29H41N3O4/c1-18(19-5-8-21(9-6-19)32(35)36)27(34)30-17-20-7-11-23-22-10-12-25-29(3,16-14-26(33)31(25)4)24(22)13-15-28(20,23)2/h5-6,8-9,18,20,22-25H,7,10-17H2,1-4H3,(H,30,34)/t18?,20?,22-,23-,24+,25?,28+,29+/m0/s1. The molecule has 1 aromatic rings. The monoisotopic (exact) mass is 495 g/mol. The van der Waals surface area contributed by atoms with Gasteiger partial charge in [-0.25, -0.2) is 0 Å². The minimum absolute atomic E-state index is 0.00693. The molecular formula is C29H41N3O4. The van der Waals surface area contributed by atoms with Gasteiger partial charge in [0.15, 0.2) is 0 Å². The molecule has 1 aliphatic heterocycles. The van der Waals surface area contributed by atoms with Crippen LogP contribution in [0.15, 0.2) is 24.3 Å². The van der Waals surface area contributed by atoms with Crippen molar-refractivity contribution in [3.63, 3.8) is 0 Å². The van der Waals surface area contributed by atoms with Gasteiger partial charge in [0, 0.05) is 38.2 Å². The van der Waals surface area contributed by atoms with Gasteiger partial charge >= 0.3 is 0 Å². The maximum absolute atomic E-state index is 13.0. The summed E-state index contributed by atoms with van der Waals surface area (Å²) >= 11 is 0. The molecule has 7 heteroatoms. The number of non-ortho nitro benzene ring substituents is 1. The van der Waals surface area contributed by atoms with Crippen molar-refractivity contribution in [1.82, 2.24) is 10.2 Å². The normalized spacial score (nSPS) is 38.5. The number of amides is 2. The Morgan fingerprint density at radius 2 is 1.78 bits per heavy atom. The van der Waals surface area contributed by atoms with Gasteiger partial charge in [0.25, 0.3) is 5.69 Å². The Morgan fingerprint density at radius 3 is 2.47 bits per heavy atom. The fraction of sp³-hybridized carbons (Fsp3) is 0.724. The summed E-state index contributed by atoms with van der Waals surface area (Å²) in [6, 6.07) is 6.69. The van der Waals surface area contributed by atoms with E-state index in [0.717, 1.165) is 30.7 Å². The number of hydrogen-bond acceptors (Lipinski definition) is 4. The third-order valence-corrected chi connectivity index (χ3v) is 11.3. The summed E-state index contributed by atoms with van der Waals surface area (Å²) in [6.07, 6.45) is 8.91. The maximum Gasteiger partial charge on any atom is 0.269 e. The van der Waals surface area contributed by atoms with E-state index >= 15 is 0 Å². The molecule has 5 rings (SSSR count). The zero-order valence-corrected chi connectivity index (χ0v) is 22.2. The Balaban J connectivity index is 1.23. The summed E-state index contributed by atoms with van der Waals surface area (Å²) < 4.78 is 0. The average Bonchev–Trinajstić information content (AvgIpc) is 3.21. The lowest BCUT2D eigenvalue weighted by atomic mass is 9.47. The lowest BCUT2D eigenvalue weighted by molar-refractivity contribution is -0.384. The molecule has 8 atom stereocenters. The second-order valence-corrected chi connectivity index (χ2v) is 12.6. The number of nitro benzene ring substituents is 1. The number of nitrogens with zero attached hydrogens (tertiary/aromatic N) is 2. The van der Waals surface area contributed by atoms with E-state index in [2.05, 4.69) is 24.1 Å². The first kappa shape index (κ1) is 25.2. The maximum atomic E-state index is 13.0. The summed E-state index contributed by atoms with van der Waals surface area (Å²) in [5, 5.41) is 14.2. The molecule has 196 valence electrons. The van der Waals surface area contributed by atoms with E-state index in [0.29, 0.717) is 42.7 Å². The van der Waals surface area contributed by atoms with Crippen LogP contribution in [0.5, 0.6) is 0 Å². The van der Waals surface area contributed by atoms with Crippen LogP contribution in [0.1, 0.15) is 83.6 Å². The van der Waals surface area contributed by atoms with Crippen LogP contribution in [0.3, 0.4) is 0 Å². The first-order valence-electron chi connectivity index (χ1n) is 13.8. The van der Waals surface area contributed by atoms with E-state index in [-0.39, 0.29) is 28.3 Å². The summed E-state index contributed by atoms with van der Waals surface area (Å²) in [7, 11) is 2.02. The number of nitro groups is 1. The zero-order valence-electron chi connectivity index (χ0n) is 22.2. The fourth-order valence-corrected chi connectivity index (χ4v) is 9.01. The highest BCUT2D eigenvalue weighted by atomic mass is 16.6. The summed E-state index contributed by atoms with van der Waals surface area (Å²) in [6.45, 7) is 7.51. The summed E-state index contributed by atoms with van der Waals surface area (Å²) in [5.41, 5.74) is 1.33. The van der Waals surface area contributed by atoms with Crippen molar-refractivity contribution in [1.29, 1.82) is 0 Å². The van der Waals surface area contributed by atoms with Gasteiger partial charge in [-0.2, -0.15) is 0 Å². The molecule has 1 heterocycles. The molecule has 3 unspecified atom stereocenters. The van der Waals surface area contributed by atoms with Crippen LogP contribution in [-0.2, 0) is 9.59 Å². The molecule has 0 radical (unpaired) electrons. The number of fused-ring (bicyclic) bond motifs is 5. The predicted octanol–water partition coefficient (Wildman–Crippen LogP) is 5.29. The molecule has 7 nitrogen and oxygen atoms in total. The molecule has 36 heavy (non-hydrogen) atoms. The van der Waals surface area contributed by atoms with Crippen molar-refractivity contribution in [3.8, 4) is 0 Å². The lowest BCUT2D eigenvalue weighted by Crippen LogP contribution is -2.61. The minimum atomic E-state index is -0.417. The molecule has 1 N–H and O–H groups in total. The number of hydrogen-bond donors (Lipinski definition) is 1. The van der Waals surface area contributed by atoms with E-state index in [1.807, 2.05) is 14.0 Å². The fourth-order valence-electron chi connectivity index (χ4n) is 9.01. The first-order chi connectivity index (χ1) is 17.1. The number of nitrogens with one attached hydrogen (secondary N) is 1. The number of likely N-dealkylation sites (tertiary alicyclic amines) is 1. The van der Waals surface area contributed by atoms with E-state index in [4.69, 9.17) is 0 Å². The van der Waals surface area contributed by atoms with Crippen molar-refractivity contribution < 1.29 is 14.5 Å². The summed E-state index contributed by atoms with van der Waals surface area (Å²) in [4.78, 5) is 38.0. The van der Waals surface area contributed by atoms with Crippen molar-refractivity contribution in [2.24, 2.45) is 34.5 Å². The Kier molecular flexibility index (Phi) is 6.40.